The van der Waals surface area contributed by atoms with Gasteiger partial charge in [0.1, 0.15) is 0 Å². The fourth-order valence-electron chi connectivity index (χ4n) is 7.94. The molecule has 0 saturated heterocycles. The van der Waals surface area contributed by atoms with Crippen molar-refractivity contribution in [2.75, 3.05) is 72.0 Å². The molecule has 0 aliphatic heterocycles. The molecular formula is C49H97N7O5. The summed E-state index contributed by atoms with van der Waals surface area (Å²) in [7, 11) is 0. The Morgan fingerprint density at radius 3 is 1.20 bits per heavy atom. The van der Waals surface area contributed by atoms with Crippen molar-refractivity contribution in [3.05, 3.63) is 0 Å². The topological polar surface area (TPSA) is 162 Å². The molecular weight excluding hydrogens is 767 g/mol. The Labute approximate surface area is 374 Å². The Bertz CT molecular complexity index is 1120. The Kier molecular flexibility index (Phi) is 38.3. The van der Waals surface area contributed by atoms with E-state index in [1.807, 2.05) is 0 Å². The van der Waals surface area contributed by atoms with Crippen molar-refractivity contribution >= 4 is 29.5 Å². The highest BCUT2D eigenvalue weighted by Gasteiger charge is 2.29. The molecule has 358 valence electrons. The number of unbranched alkanes of at least 4 members (excludes halogenated alkanes) is 16. The average molecular weight is 864 g/mol. The van der Waals surface area contributed by atoms with Crippen LogP contribution in [0.4, 0.5) is 0 Å². The first-order chi connectivity index (χ1) is 29.5. The Morgan fingerprint density at radius 1 is 0.443 bits per heavy atom. The molecule has 12 heteroatoms. The molecule has 0 radical (unpaired) electrons. The second-order valence-corrected chi connectivity index (χ2v) is 17.7. The number of rotatable bonds is 43. The summed E-state index contributed by atoms with van der Waals surface area (Å²) in [6.45, 7) is 15.3. The van der Waals surface area contributed by atoms with Crippen LogP contribution < -0.4 is 16.8 Å². The standard InChI is InChI=1S/C49H97N7O5/c1-7-13-17-19-21-23-25-27-34-53(46(58)36-52-33-29-32-50)40-49(61)56(38-44(12-6)31-16-10-4)42-47(59)54(35-28-26-24-22-20-18-14-8-2)41-48(60)55(39-45(51)57)37-43(11-5)30-15-9-3/h43-44,52H,7-42,50H2,1-6H3,(H2,51,57). The minimum absolute atomic E-state index is 0.0923. The fourth-order valence-corrected chi connectivity index (χ4v) is 7.94. The van der Waals surface area contributed by atoms with Gasteiger partial charge in [0.05, 0.1) is 32.7 Å². The van der Waals surface area contributed by atoms with Crippen molar-refractivity contribution in [1.82, 2.24) is 24.9 Å². The molecule has 0 heterocycles. The van der Waals surface area contributed by atoms with Crippen LogP contribution in [0.3, 0.4) is 0 Å². The lowest BCUT2D eigenvalue weighted by molar-refractivity contribution is -0.147. The third-order valence-corrected chi connectivity index (χ3v) is 12.2. The van der Waals surface area contributed by atoms with Gasteiger partial charge in [-0.15, -0.1) is 0 Å². The number of nitrogens with two attached hydrogens (primary N) is 2. The third kappa shape index (κ3) is 30.9. The van der Waals surface area contributed by atoms with Gasteiger partial charge < -0.3 is 36.4 Å². The minimum Gasteiger partial charge on any atom is -0.368 e. The van der Waals surface area contributed by atoms with E-state index in [1.165, 1.54) is 62.7 Å². The Morgan fingerprint density at radius 2 is 0.803 bits per heavy atom. The highest BCUT2D eigenvalue weighted by Crippen LogP contribution is 2.18. The molecule has 0 aromatic heterocycles. The maximum atomic E-state index is 14.5. The van der Waals surface area contributed by atoms with Crippen molar-refractivity contribution in [2.45, 2.75) is 202 Å². The molecule has 0 spiro atoms. The van der Waals surface area contributed by atoms with Crippen LogP contribution in [-0.2, 0) is 24.0 Å². The zero-order valence-corrected chi connectivity index (χ0v) is 40.6. The molecule has 0 fully saturated rings. The average Bonchev–Trinajstić information content (AvgIpc) is 3.24. The Hall–Kier alpha value is -2.73. The number of hydrogen-bond acceptors (Lipinski definition) is 7. The van der Waals surface area contributed by atoms with Gasteiger partial charge in [0.15, 0.2) is 0 Å². The number of nitrogens with zero attached hydrogens (tertiary/aromatic N) is 4. The van der Waals surface area contributed by atoms with Gasteiger partial charge in [0, 0.05) is 26.2 Å². The number of primary amides is 1. The molecule has 61 heavy (non-hydrogen) atoms. The van der Waals surface area contributed by atoms with Crippen LogP contribution in [0.2, 0.25) is 0 Å². The molecule has 0 rings (SSSR count). The van der Waals surface area contributed by atoms with Gasteiger partial charge in [-0.1, -0.05) is 170 Å². The van der Waals surface area contributed by atoms with Crippen LogP contribution in [0.25, 0.3) is 0 Å². The molecule has 0 saturated carbocycles. The summed E-state index contributed by atoms with van der Waals surface area (Å²) in [6.07, 6.45) is 26.3. The lowest BCUT2D eigenvalue weighted by Gasteiger charge is -2.33. The van der Waals surface area contributed by atoms with E-state index in [0.29, 0.717) is 39.3 Å². The number of nitrogens with one attached hydrogen (secondary N) is 1. The van der Waals surface area contributed by atoms with Crippen molar-refractivity contribution < 1.29 is 24.0 Å². The molecule has 2 atom stereocenters. The van der Waals surface area contributed by atoms with Crippen LogP contribution in [0.5, 0.6) is 0 Å². The highest BCUT2D eigenvalue weighted by atomic mass is 16.2. The van der Waals surface area contributed by atoms with E-state index in [9.17, 15) is 24.0 Å². The monoisotopic (exact) mass is 864 g/mol. The summed E-state index contributed by atoms with van der Waals surface area (Å²) in [5.41, 5.74) is 11.3. The zero-order valence-electron chi connectivity index (χ0n) is 40.6. The molecule has 12 nitrogen and oxygen atoms in total. The minimum atomic E-state index is -0.574. The molecule has 0 aliphatic rings. The van der Waals surface area contributed by atoms with Crippen molar-refractivity contribution in [2.24, 2.45) is 23.3 Å². The van der Waals surface area contributed by atoms with Crippen molar-refractivity contribution in [3.63, 3.8) is 0 Å². The smallest absolute Gasteiger partial charge is 0.242 e. The van der Waals surface area contributed by atoms with Gasteiger partial charge in [0.2, 0.25) is 29.5 Å². The zero-order chi connectivity index (χ0) is 45.5. The second-order valence-electron chi connectivity index (χ2n) is 17.7. The molecule has 5 N–H and O–H groups in total. The van der Waals surface area contributed by atoms with Gasteiger partial charge in [-0.2, -0.15) is 0 Å². The summed E-state index contributed by atoms with van der Waals surface area (Å²) in [5, 5.41) is 3.19. The molecule has 2 unspecified atom stereocenters. The lowest BCUT2D eigenvalue weighted by atomic mass is 9.98. The predicted molar refractivity (Wildman–Crippen MR) is 254 cm³/mol. The lowest BCUT2D eigenvalue weighted by Crippen LogP contribution is -2.52. The predicted octanol–water partition coefficient (Wildman–Crippen LogP) is 8.44. The van der Waals surface area contributed by atoms with Gasteiger partial charge in [0.25, 0.3) is 0 Å². The number of amides is 5. The summed E-state index contributed by atoms with van der Waals surface area (Å²) in [6, 6.07) is 0. The molecule has 0 aromatic carbocycles. The molecule has 0 aromatic rings. The van der Waals surface area contributed by atoms with Crippen LogP contribution in [0.1, 0.15) is 202 Å². The van der Waals surface area contributed by atoms with Gasteiger partial charge in [-0.25, -0.2) is 0 Å². The first-order valence-electron chi connectivity index (χ1n) is 25.3. The maximum absolute atomic E-state index is 14.5. The van der Waals surface area contributed by atoms with E-state index in [0.717, 1.165) is 103 Å². The largest absolute Gasteiger partial charge is 0.368 e. The quantitative estimate of drug-likeness (QED) is 0.0519. The first-order valence-corrected chi connectivity index (χ1v) is 25.3. The van der Waals surface area contributed by atoms with Crippen molar-refractivity contribution in [1.29, 1.82) is 0 Å². The SMILES string of the molecule is CCCCCCCCCCN(CC(=O)N(CC(=O)N(CCCCCCCCCC)CC(=O)N(CC(N)=O)CC(CC)CCCC)CC(CC)CCCC)C(=O)CNCCCN. The normalized spacial score (nSPS) is 12.2. The number of carbonyl (C=O) groups excluding carboxylic acids is 5. The molecule has 0 bridgehead atoms. The third-order valence-electron chi connectivity index (χ3n) is 12.2. The molecule has 0 aliphatic carbocycles. The second kappa shape index (κ2) is 40.1. The van der Waals surface area contributed by atoms with Crippen LogP contribution in [0.15, 0.2) is 0 Å². The molecule has 5 amide bonds. The van der Waals surface area contributed by atoms with E-state index < -0.39 is 5.91 Å². The maximum Gasteiger partial charge on any atom is 0.242 e. The van der Waals surface area contributed by atoms with Crippen LogP contribution in [-0.4, -0.2) is 121 Å². The summed E-state index contributed by atoms with van der Waals surface area (Å²) in [5.74, 6) is -1.08. The highest BCUT2D eigenvalue weighted by molar-refractivity contribution is 5.91. The van der Waals surface area contributed by atoms with Gasteiger partial charge in [-0.3, -0.25) is 24.0 Å². The summed E-state index contributed by atoms with van der Waals surface area (Å²) in [4.78, 5) is 75.3. The Balaban J connectivity index is 6.43. The summed E-state index contributed by atoms with van der Waals surface area (Å²) >= 11 is 0. The van der Waals surface area contributed by atoms with Gasteiger partial charge >= 0.3 is 0 Å². The van der Waals surface area contributed by atoms with E-state index in [-0.39, 0.29) is 68.2 Å². The number of hydrogen-bond donors (Lipinski definition) is 3. The van der Waals surface area contributed by atoms with Crippen LogP contribution >= 0.6 is 0 Å². The van der Waals surface area contributed by atoms with Crippen LogP contribution in [0, 0.1) is 11.8 Å². The van der Waals surface area contributed by atoms with Gasteiger partial charge in [-0.05, 0) is 57.0 Å². The number of carbonyl (C=O) groups is 5. The summed E-state index contributed by atoms with van der Waals surface area (Å²) < 4.78 is 0. The first kappa shape index (κ1) is 58.3. The van der Waals surface area contributed by atoms with E-state index in [1.54, 1.807) is 14.7 Å². The van der Waals surface area contributed by atoms with E-state index in [4.69, 9.17) is 11.5 Å². The fraction of sp³-hybridized carbons (Fsp3) is 0.898. The van der Waals surface area contributed by atoms with E-state index >= 15 is 0 Å². The van der Waals surface area contributed by atoms with Crippen molar-refractivity contribution in [3.8, 4) is 0 Å². The van der Waals surface area contributed by atoms with E-state index in [2.05, 4.69) is 46.9 Å².